The highest BCUT2D eigenvalue weighted by atomic mass is 16.4. The summed E-state index contributed by atoms with van der Waals surface area (Å²) in [5.74, 6) is 3.24. The van der Waals surface area contributed by atoms with Gasteiger partial charge in [-0.2, -0.15) is 0 Å². The van der Waals surface area contributed by atoms with Crippen molar-refractivity contribution in [2.75, 3.05) is 6.54 Å². The molecule has 0 radical (unpaired) electrons. The van der Waals surface area contributed by atoms with E-state index < -0.39 is 0 Å². The number of hydrogen-bond donors (Lipinski definition) is 1. The van der Waals surface area contributed by atoms with Crippen molar-refractivity contribution in [3.63, 3.8) is 0 Å². The van der Waals surface area contributed by atoms with Crippen LogP contribution in [0.4, 0.5) is 0 Å². The molecule has 1 aliphatic carbocycles. The van der Waals surface area contributed by atoms with Crippen LogP contribution < -0.4 is 5.32 Å². The Morgan fingerprint density at radius 1 is 1.53 bits per heavy atom. The number of hydrogen-bond acceptors (Lipinski definition) is 3. The minimum Gasteiger partial charge on any atom is -0.444 e. The molecule has 0 saturated heterocycles. The molecule has 0 aliphatic heterocycles. The Balaban J connectivity index is 1.79. The summed E-state index contributed by atoms with van der Waals surface area (Å²) in [6.45, 7) is 6.16. The van der Waals surface area contributed by atoms with Crippen molar-refractivity contribution in [2.24, 2.45) is 5.92 Å². The first-order valence-electron chi connectivity index (χ1n) is 5.91. The molecule has 1 aromatic rings. The lowest BCUT2D eigenvalue weighted by Gasteiger charge is -2.22. The quantitative estimate of drug-likeness (QED) is 0.808. The van der Waals surface area contributed by atoms with E-state index in [0.29, 0.717) is 11.8 Å². The van der Waals surface area contributed by atoms with Gasteiger partial charge in [-0.05, 0) is 25.3 Å². The minimum atomic E-state index is 0.649. The van der Waals surface area contributed by atoms with E-state index in [0.717, 1.165) is 24.7 Å². The summed E-state index contributed by atoms with van der Waals surface area (Å²) in [5, 5.41) is 3.33. The molecule has 15 heavy (non-hydrogen) atoms. The van der Waals surface area contributed by atoms with Crippen LogP contribution in [0.25, 0.3) is 0 Å². The first kappa shape index (κ1) is 10.7. The monoisotopic (exact) mass is 208 g/mol. The highest BCUT2D eigenvalue weighted by Gasteiger charge is 2.23. The summed E-state index contributed by atoms with van der Waals surface area (Å²) in [7, 11) is 0. The Hall–Kier alpha value is -0.830. The van der Waals surface area contributed by atoms with E-state index >= 15 is 0 Å². The average Bonchev–Trinajstić information content (AvgIpc) is 2.49. The predicted octanol–water partition coefficient (Wildman–Crippen LogP) is 2.69. The molecule has 1 aliphatic rings. The van der Waals surface area contributed by atoms with E-state index in [1.807, 2.05) is 6.20 Å². The van der Waals surface area contributed by atoms with Crippen molar-refractivity contribution in [2.45, 2.75) is 45.6 Å². The second kappa shape index (κ2) is 4.79. The van der Waals surface area contributed by atoms with E-state index in [1.165, 1.54) is 19.3 Å². The largest absolute Gasteiger partial charge is 0.444 e. The lowest BCUT2D eigenvalue weighted by Crippen LogP contribution is -2.19. The number of aromatic nitrogens is 1. The van der Waals surface area contributed by atoms with E-state index in [1.54, 1.807) is 0 Å². The van der Waals surface area contributed by atoms with Gasteiger partial charge in [0.1, 0.15) is 5.76 Å². The van der Waals surface area contributed by atoms with E-state index in [4.69, 9.17) is 4.42 Å². The van der Waals surface area contributed by atoms with Crippen LogP contribution in [-0.4, -0.2) is 11.5 Å². The van der Waals surface area contributed by atoms with Crippen molar-refractivity contribution in [1.29, 1.82) is 0 Å². The standard InChI is InChI=1S/C12H20N2O/c1-9(2)6-13-8-12-14-7-11(15-12)10-4-3-5-10/h7,9-10,13H,3-6,8H2,1-2H3. The highest BCUT2D eigenvalue weighted by molar-refractivity contribution is 5.05. The van der Waals surface area contributed by atoms with Gasteiger partial charge in [0.05, 0.1) is 12.7 Å². The van der Waals surface area contributed by atoms with Gasteiger partial charge < -0.3 is 9.73 Å². The van der Waals surface area contributed by atoms with E-state index in [2.05, 4.69) is 24.1 Å². The smallest absolute Gasteiger partial charge is 0.208 e. The molecule has 0 spiro atoms. The molecule has 1 aromatic heterocycles. The van der Waals surface area contributed by atoms with Crippen molar-refractivity contribution >= 4 is 0 Å². The van der Waals surface area contributed by atoms with Crippen LogP contribution in [0, 0.1) is 5.92 Å². The summed E-state index contributed by atoms with van der Waals surface area (Å²) in [6.07, 6.45) is 5.78. The lowest BCUT2D eigenvalue weighted by atomic mass is 9.84. The second-order valence-corrected chi connectivity index (χ2v) is 4.81. The van der Waals surface area contributed by atoms with Gasteiger partial charge >= 0.3 is 0 Å². The van der Waals surface area contributed by atoms with Gasteiger partial charge in [0.2, 0.25) is 5.89 Å². The number of nitrogens with zero attached hydrogens (tertiary/aromatic N) is 1. The molecule has 0 unspecified atom stereocenters. The molecule has 1 fully saturated rings. The minimum absolute atomic E-state index is 0.649. The lowest BCUT2D eigenvalue weighted by molar-refractivity contribution is 0.329. The average molecular weight is 208 g/mol. The zero-order chi connectivity index (χ0) is 10.7. The molecule has 0 aromatic carbocycles. The summed E-state index contributed by atoms with van der Waals surface area (Å²) < 4.78 is 5.70. The summed E-state index contributed by atoms with van der Waals surface area (Å²) in [6, 6.07) is 0. The van der Waals surface area contributed by atoms with Crippen molar-refractivity contribution in [1.82, 2.24) is 10.3 Å². The maximum absolute atomic E-state index is 5.70. The number of oxazole rings is 1. The van der Waals surface area contributed by atoms with Crippen molar-refractivity contribution in [3.05, 3.63) is 17.8 Å². The summed E-state index contributed by atoms with van der Waals surface area (Å²) in [5.41, 5.74) is 0. The molecule has 1 saturated carbocycles. The maximum atomic E-state index is 5.70. The molecule has 0 bridgehead atoms. The molecule has 3 nitrogen and oxygen atoms in total. The summed E-state index contributed by atoms with van der Waals surface area (Å²) in [4.78, 5) is 4.29. The van der Waals surface area contributed by atoms with Crippen molar-refractivity contribution < 1.29 is 4.42 Å². The van der Waals surface area contributed by atoms with Gasteiger partial charge in [-0.15, -0.1) is 0 Å². The molecule has 3 heteroatoms. The normalized spacial score (nSPS) is 17.0. The summed E-state index contributed by atoms with van der Waals surface area (Å²) >= 11 is 0. The fourth-order valence-electron chi connectivity index (χ4n) is 1.76. The third kappa shape index (κ3) is 2.81. The maximum Gasteiger partial charge on any atom is 0.208 e. The van der Waals surface area contributed by atoms with Crippen LogP contribution in [0.15, 0.2) is 10.6 Å². The SMILES string of the molecule is CC(C)CNCc1ncc(C2CCC2)o1. The predicted molar refractivity (Wildman–Crippen MR) is 59.6 cm³/mol. The Labute approximate surface area is 91.3 Å². The molecular weight excluding hydrogens is 188 g/mol. The molecule has 1 heterocycles. The first-order valence-corrected chi connectivity index (χ1v) is 5.91. The third-order valence-electron chi connectivity index (χ3n) is 2.91. The molecular formula is C12H20N2O. The highest BCUT2D eigenvalue weighted by Crippen LogP contribution is 2.36. The molecule has 0 atom stereocenters. The van der Waals surface area contributed by atoms with Gasteiger partial charge in [0.15, 0.2) is 0 Å². The fourth-order valence-corrected chi connectivity index (χ4v) is 1.76. The Morgan fingerprint density at radius 2 is 2.33 bits per heavy atom. The molecule has 2 rings (SSSR count). The van der Waals surface area contributed by atoms with Crippen LogP contribution in [0.2, 0.25) is 0 Å². The Kier molecular flexibility index (Phi) is 3.41. The van der Waals surface area contributed by atoms with Gasteiger partial charge in [0.25, 0.3) is 0 Å². The van der Waals surface area contributed by atoms with Gasteiger partial charge in [-0.25, -0.2) is 4.98 Å². The zero-order valence-electron chi connectivity index (χ0n) is 9.62. The zero-order valence-corrected chi connectivity index (χ0v) is 9.62. The third-order valence-corrected chi connectivity index (χ3v) is 2.91. The fraction of sp³-hybridized carbons (Fsp3) is 0.750. The van der Waals surface area contributed by atoms with Gasteiger partial charge in [-0.1, -0.05) is 20.3 Å². The first-order chi connectivity index (χ1) is 7.25. The number of rotatable bonds is 5. The van der Waals surface area contributed by atoms with Crippen LogP contribution in [0.1, 0.15) is 50.7 Å². The molecule has 1 N–H and O–H groups in total. The molecule has 0 amide bonds. The van der Waals surface area contributed by atoms with Crippen LogP contribution in [-0.2, 0) is 6.54 Å². The van der Waals surface area contributed by atoms with E-state index in [9.17, 15) is 0 Å². The van der Waals surface area contributed by atoms with Crippen LogP contribution in [0.3, 0.4) is 0 Å². The van der Waals surface area contributed by atoms with Crippen LogP contribution >= 0.6 is 0 Å². The topological polar surface area (TPSA) is 38.1 Å². The second-order valence-electron chi connectivity index (χ2n) is 4.81. The van der Waals surface area contributed by atoms with Gasteiger partial charge in [-0.3, -0.25) is 0 Å². The molecule has 84 valence electrons. The Bertz CT molecular complexity index is 302. The number of nitrogens with one attached hydrogen (secondary N) is 1. The van der Waals surface area contributed by atoms with E-state index in [-0.39, 0.29) is 0 Å². The van der Waals surface area contributed by atoms with Crippen molar-refractivity contribution in [3.8, 4) is 0 Å². The van der Waals surface area contributed by atoms with Crippen LogP contribution in [0.5, 0.6) is 0 Å². The van der Waals surface area contributed by atoms with Gasteiger partial charge in [0, 0.05) is 5.92 Å². The Morgan fingerprint density at radius 3 is 2.93 bits per heavy atom.